The molecule has 102 valence electrons. The lowest BCUT2D eigenvalue weighted by Crippen LogP contribution is -1.96. The van der Waals surface area contributed by atoms with Crippen molar-refractivity contribution in [3.8, 4) is 11.5 Å². The summed E-state index contributed by atoms with van der Waals surface area (Å²) in [6, 6.07) is 8.01. The first-order valence-corrected chi connectivity index (χ1v) is 5.69. The van der Waals surface area contributed by atoms with Gasteiger partial charge in [-0.3, -0.25) is 14.9 Å². The summed E-state index contributed by atoms with van der Waals surface area (Å²) >= 11 is 0. The fourth-order valence-electron chi connectivity index (χ4n) is 1.67. The van der Waals surface area contributed by atoms with E-state index in [1.165, 1.54) is 24.3 Å². The van der Waals surface area contributed by atoms with Crippen LogP contribution in [0.4, 0.5) is 10.1 Å². The molecule has 0 saturated carbocycles. The summed E-state index contributed by atoms with van der Waals surface area (Å²) in [5.74, 6) is -0.403. The Hall–Kier alpha value is -2.76. The molecule has 0 atom stereocenters. The van der Waals surface area contributed by atoms with Crippen LogP contribution in [-0.4, -0.2) is 11.2 Å². The van der Waals surface area contributed by atoms with Gasteiger partial charge in [0.1, 0.15) is 5.75 Å². The van der Waals surface area contributed by atoms with E-state index >= 15 is 0 Å². The summed E-state index contributed by atoms with van der Waals surface area (Å²) < 4.78 is 18.9. The van der Waals surface area contributed by atoms with Crippen LogP contribution in [0.25, 0.3) is 0 Å². The number of aldehydes is 1. The first-order chi connectivity index (χ1) is 9.51. The highest BCUT2D eigenvalue weighted by atomic mass is 19.1. The smallest absolute Gasteiger partial charge is 0.280 e. The Balaban J connectivity index is 2.37. The highest BCUT2D eigenvalue weighted by molar-refractivity contribution is 5.82. The van der Waals surface area contributed by atoms with Crippen molar-refractivity contribution in [2.24, 2.45) is 0 Å². The van der Waals surface area contributed by atoms with E-state index in [4.69, 9.17) is 4.74 Å². The van der Waals surface area contributed by atoms with Crippen LogP contribution in [0.3, 0.4) is 0 Å². The van der Waals surface area contributed by atoms with Gasteiger partial charge >= 0.3 is 0 Å². The largest absolute Gasteiger partial charge is 0.454 e. The van der Waals surface area contributed by atoms with Crippen molar-refractivity contribution >= 4 is 12.0 Å². The van der Waals surface area contributed by atoms with Crippen molar-refractivity contribution in [1.82, 2.24) is 0 Å². The number of carbonyl (C=O) groups is 1. The van der Waals surface area contributed by atoms with Gasteiger partial charge in [0, 0.05) is 6.07 Å². The summed E-state index contributed by atoms with van der Waals surface area (Å²) in [4.78, 5) is 20.9. The SMILES string of the molecule is Cc1ccc(F)c(Oc2ccc([N+](=O)[O-])c(C=O)c2)c1. The lowest BCUT2D eigenvalue weighted by Gasteiger charge is -2.08. The molecule has 0 spiro atoms. The second-order valence-electron chi connectivity index (χ2n) is 4.13. The maximum atomic E-state index is 13.5. The summed E-state index contributed by atoms with van der Waals surface area (Å²) in [6.45, 7) is 1.78. The van der Waals surface area contributed by atoms with Crippen LogP contribution in [0.5, 0.6) is 11.5 Å². The molecule has 0 unspecified atom stereocenters. The highest BCUT2D eigenvalue weighted by Crippen LogP contribution is 2.28. The number of nitrogens with zero attached hydrogens (tertiary/aromatic N) is 1. The van der Waals surface area contributed by atoms with Gasteiger partial charge in [0.25, 0.3) is 5.69 Å². The molecule has 0 amide bonds. The zero-order valence-corrected chi connectivity index (χ0v) is 10.5. The summed E-state index contributed by atoms with van der Waals surface area (Å²) in [5, 5.41) is 10.7. The van der Waals surface area contributed by atoms with Crippen molar-refractivity contribution in [3.63, 3.8) is 0 Å². The van der Waals surface area contributed by atoms with E-state index in [1.54, 1.807) is 13.0 Å². The van der Waals surface area contributed by atoms with Gasteiger partial charge in [0.2, 0.25) is 0 Å². The number of halogens is 1. The number of hydrogen-bond acceptors (Lipinski definition) is 4. The topological polar surface area (TPSA) is 69.4 Å². The number of nitro benzene ring substituents is 1. The molecule has 0 aromatic heterocycles. The normalized spacial score (nSPS) is 10.1. The summed E-state index contributed by atoms with van der Waals surface area (Å²) in [7, 11) is 0. The van der Waals surface area contributed by atoms with Gasteiger partial charge in [-0.15, -0.1) is 0 Å². The van der Waals surface area contributed by atoms with Crippen molar-refractivity contribution < 1.29 is 18.8 Å². The van der Waals surface area contributed by atoms with E-state index in [0.717, 1.165) is 11.6 Å². The van der Waals surface area contributed by atoms with Gasteiger partial charge in [0.05, 0.1) is 10.5 Å². The molecule has 0 aliphatic carbocycles. The Morgan fingerprint density at radius 3 is 2.65 bits per heavy atom. The number of hydrogen-bond donors (Lipinski definition) is 0. The second-order valence-corrected chi connectivity index (χ2v) is 4.13. The first kappa shape index (κ1) is 13.7. The molecule has 0 heterocycles. The number of carbonyl (C=O) groups excluding carboxylic acids is 1. The van der Waals surface area contributed by atoms with Gasteiger partial charge in [-0.2, -0.15) is 0 Å². The molecule has 2 rings (SSSR count). The molecule has 20 heavy (non-hydrogen) atoms. The number of benzene rings is 2. The Labute approximate surface area is 113 Å². The zero-order chi connectivity index (χ0) is 14.7. The Bertz CT molecular complexity index is 685. The third-order valence-electron chi connectivity index (χ3n) is 2.64. The van der Waals surface area contributed by atoms with E-state index in [9.17, 15) is 19.3 Å². The van der Waals surface area contributed by atoms with Crippen LogP contribution < -0.4 is 4.74 Å². The molecular weight excluding hydrogens is 265 g/mol. The maximum absolute atomic E-state index is 13.5. The molecule has 5 nitrogen and oxygen atoms in total. The van der Waals surface area contributed by atoms with Gasteiger partial charge in [0.15, 0.2) is 17.9 Å². The standard InChI is InChI=1S/C14H10FNO4/c1-9-2-4-12(15)14(6-9)20-11-3-5-13(16(18)19)10(7-11)8-17/h2-8H,1H3. The van der Waals surface area contributed by atoms with Crippen LogP contribution in [-0.2, 0) is 0 Å². The number of rotatable bonds is 4. The Morgan fingerprint density at radius 1 is 1.25 bits per heavy atom. The fourth-order valence-corrected chi connectivity index (χ4v) is 1.67. The lowest BCUT2D eigenvalue weighted by molar-refractivity contribution is -0.385. The maximum Gasteiger partial charge on any atom is 0.280 e. The molecule has 0 saturated heterocycles. The Kier molecular flexibility index (Phi) is 3.74. The number of ether oxygens (including phenoxy) is 1. The van der Waals surface area contributed by atoms with Crippen molar-refractivity contribution in [2.75, 3.05) is 0 Å². The van der Waals surface area contributed by atoms with Crippen LogP contribution >= 0.6 is 0 Å². The molecule has 2 aromatic rings. The monoisotopic (exact) mass is 275 g/mol. The minimum absolute atomic E-state index is 0.00398. The molecule has 0 bridgehead atoms. The Morgan fingerprint density at radius 2 is 2.00 bits per heavy atom. The average Bonchev–Trinajstić information content (AvgIpc) is 2.42. The minimum Gasteiger partial charge on any atom is -0.454 e. The summed E-state index contributed by atoms with van der Waals surface area (Å²) in [5.41, 5.74) is 0.358. The number of nitro groups is 1. The lowest BCUT2D eigenvalue weighted by atomic mass is 10.2. The quantitative estimate of drug-likeness (QED) is 0.485. The zero-order valence-electron chi connectivity index (χ0n) is 10.5. The van der Waals surface area contributed by atoms with Gasteiger partial charge in [-0.25, -0.2) is 4.39 Å². The van der Waals surface area contributed by atoms with E-state index in [-0.39, 0.29) is 22.7 Å². The van der Waals surface area contributed by atoms with Gasteiger partial charge in [-0.1, -0.05) is 6.07 Å². The third kappa shape index (κ3) is 2.80. The first-order valence-electron chi connectivity index (χ1n) is 5.69. The molecule has 0 aliphatic heterocycles. The second kappa shape index (κ2) is 5.48. The van der Waals surface area contributed by atoms with Crippen LogP contribution in [0.1, 0.15) is 15.9 Å². The predicted octanol–water partition coefficient (Wildman–Crippen LogP) is 3.65. The van der Waals surface area contributed by atoms with E-state index in [2.05, 4.69) is 0 Å². The van der Waals surface area contributed by atoms with Crippen LogP contribution in [0, 0.1) is 22.9 Å². The molecule has 0 aliphatic rings. The van der Waals surface area contributed by atoms with Crippen molar-refractivity contribution in [1.29, 1.82) is 0 Å². The summed E-state index contributed by atoms with van der Waals surface area (Å²) in [6.07, 6.45) is 0.359. The third-order valence-corrected chi connectivity index (χ3v) is 2.64. The van der Waals surface area contributed by atoms with E-state index in [0.29, 0.717) is 6.29 Å². The number of aryl methyl sites for hydroxylation is 1. The van der Waals surface area contributed by atoms with Gasteiger partial charge < -0.3 is 4.74 Å². The molecule has 0 radical (unpaired) electrons. The van der Waals surface area contributed by atoms with E-state index < -0.39 is 10.7 Å². The van der Waals surface area contributed by atoms with E-state index in [1.807, 2.05) is 0 Å². The van der Waals surface area contributed by atoms with Crippen molar-refractivity contribution in [2.45, 2.75) is 6.92 Å². The van der Waals surface area contributed by atoms with Crippen LogP contribution in [0.15, 0.2) is 36.4 Å². The molecule has 6 heteroatoms. The highest BCUT2D eigenvalue weighted by Gasteiger charge is 2.15. The average molecular weight is 275 g/mol. The molecular formula is C14H10FNO4. The van der Waals surface area contributed by atoms with Crippen molar-refractivity contribution in [3.05, 3.63) is 63.5 Å². The predicted molar refractivity (Wildman–Crippen MR) is 69.7 cm³/mol. The minimum atomic E-state index is -0.666. The fraction of sp³-hybridized carbons (Fsp3) is 0.0714. The van der Waals surface area contributed by atoms with Gasteiger partial charge in [-0.05, 0) is 36.8 Å². The molecule has 2 aromatic carbocycles. The molecule has 0 fully saturated rings. The molecule has 0 N–H and O–H groups in total. The van der Waals surface area contributed by atoms with Crippen LogP contribution in [0.2, 0.25) is 0 Å².